The van der Waals surface area contributed by atoms with Gasteiger partial charge >= 0.3 is 6.09 Å². The maximum Gasteiger partial charge on any atom is 0.407 e. The van der Waals surface area contributed by atoms with Gasteiger partial charge in [-0.2, -0.15) is 0 Å². The van der Waals surface area contributed by atoms with Gasteiger partial charge in [0.05, 0.1) is 5.69 Å². The van der Waals surface area contributed by atoms with E-state index in [-0.39, 0.29) is 0 Å². The molecule has 1 fully saturated rings. The number of carbonyl (C=O) groups is 1. The van der Waals surface area contributed by atoms with Gasteiger partial charge in [-0.15, -0.1) is 0 Å². The fourth-order valence-corrected chi connectivity index (χ4v) is 2.59. The molecule has 7 heteroatoms. The van der Waals surface area contributed by atoms with Crippen LogP contribution in [-0.2, 0) is 11.2 Å². The number of benzene rings is 1. The van der Waals surface area contributed by atoms with E-state index >= 15 is 0 Å². The fourth-order valence-electron chi connectivity index (χ4n) is 2.06. The van der Waals surface area contributed by atoms with Crippen LogP contribution in [0.4, 0.5) is 14.9 Å². The number of amides is 1. The van der Waals surface area contributed by atoms with E-state index in [4.69, 9.17) is 5.11 Å². The Labute approximate surface area is 113 Å². The molecule has 0 spiro atoms. The summed E-state index contributed by atoms with van der Waals surface area (Å²) in [5.41, 5.74) is 0.430. The molecule has 1 atom stereocenters. The predicted molar refractivity (Wildman–Crippen MR) is 70.5 cm³/mol. The van der Waals surface area contributed by atoms with E-state index in [9.17, 15) is 13.7 Å². The average Bonchev–Trinajstić information content (AvgIpc) is 2.38. The minimum atomic E-state index is -1.21. The molecule has 0 aromatic heterocycles. The molecule has 0 aliphatic carbocycles. The van der Waals surface area contributed by atoms with E-state index in [1.165, 1.54) is 17.2 Å². The molecule has 1 unspecified atom stereocenters. The first-order valence-corrected chi connectivity index (χ1v) is 7.40. The quantitative estimate of drug-likeness (QED) is 0.834. The molecule has 1 N–H and O–H groups in total. The van der Waals surface area contributed by atoms with Gasteiger partial charge in [-0.1, -0.05) is 0 Å². The van der Waals surface area contributed by atoms with Crippen molar-refractivity contribution >= 4 is 23.0 Å². The number of hydrogen-bond donors (Lipinski definition) is 1. The number of carboxylic acid groups (broad SMARTS) is 1. The predicted octanol–water partition coefficient (Wildman–Crippen LogP) is 1.36. The van der Waals surface area contributed by atoms with Gasteiger partial charge in [-0.05, 0) is 23.3 Å². The average molecular weight is 286 g/mol. The summed E-state index contributed by atoms with van der Waals surface area (Å²) in [6, 6.07) is 4.51. The first-order chi connectivity index (χ1) is 8.99. The Morgan fingerprint density at radius 2 is 2.00 bits per heavy atom. The molecule has 1 aromatic rings. The second-order valence-corrected chi connectivity index (χ2v) is 5.70. The number of rotatable bonds is 2. The topological polar surface area (TPSA) is 66.8 Å². The molecule has 19 heavy (non-hydrogen) atoms. The molecule has 5 nitrogen and oxygen atoms in total. The van der Waals surface area contributed by atoms with E-state index in [1.807, 2.05) is 0 Å². The molecule has 1 aliphatic heterocycles. The molecule has 2 rings (SSSR count). The zero-order valence-electron chi connectivity index (χ0n) is 10.5. The smallest absolute Gasteiger partial charge is 0.407 e. The largest absolute Gasteiger partial charge is 0.612 e. The summed E-state index contributed by atoms with van der Waals surface area (Å²) in [4.78, 5) is 14.3. The molecule has 104 valence electrons. The lowest BCUT2D eigenvalue weighted by atomic mass is 10.2. The summed E-state index contributed by atoms with van der Waals surface area (Å²) in [6.07, 6.45) is 0.553. The Morgan fingerprint density at radius 1 is 1.37 bits per heavy atom. The second kappa shape index (κ2) is 5.66. The van der Waals surface area contributed by atoms with Crippen molar-refractivity contribution in [2.45, 2.75) is 4.90 Å². The van der Waals surface area contributed by atoms with Gasteiger partial charge in [0.2, 0.25) is 0 Å². The monoisotopic (exact) mass is 286 g/mol. The Morgan fingerprint density at radius 3 is 2.47 bits per heavy atom. The summed E-state index contributed by atoms with van der Waals surface area (Å²) >= 11 is -1.21. The standard InChI is InChI=1S/C12H15FN2O3S/c1-19(18)9-2-3-11(10(13)8-9)14-4-6-15(7-5-14)12(16)17/h2-3,8H,4-7H2,1H3,(H,16,17). The van der Waals surface area contributed by atoms with Crippen LogP contribution in [0.15, 0.2) is 23.1 Å². The fraction of sp³-hybridized carbons (Fsp3) is 0.417. The van der Waals surface area contributed by atoms with E-state index in [1.54, 1.807) is 17.0 Å². The number of halogens is 1. The maximum absolute atomic E-state index is 13.9. The Kier molecular flexibility index (Phi) is 4.16. The third-order valence-electron chi connectivity index (χ3n) is 3.14. The first kappa shape index (κ1) is 14.0. The van der Waals surface area contributed by atoms with Crippen molar-refractivity contribution in [2.24, 2.45) is 0 Å². The normalized spacial score (nSPS) is 17.4. The van der Waals surface area contributed by atoms with Crippen LogP contribution in [0, 0.1) is 5.82 Å². The van der Waals surface area contributed by atoms with Crippen LogP contribution >= 0.6 is 0 Å². The summed E-state index contributed by atoms with van der Waals surface area (Å²) in [5.74, 6) is -0.420. The zero-order valence-corrected chi connectivity index (χ0v) is 11.3. The number of nitrogens with zero attached hydrogens (tertiary/aromatic N) is 2. The Bertz CT molecular complexity index is 476. The van der Waals surface area contributed by atoms with Gasteiger partial charge in [-0.25, -0.2) is 9.18 Å². The lowest BCUT2D eigenvalue weighted by Gasteiger charge is -2.34. The number of hydrogen-bond acceptors (Lipinski definition) is 3. The van der Waals surface area contributed by atoms with Crippen LogP contribution in [0.1, 0.15) is 0 Å². The molecular weight excluding hydrogens is 271 g/mol. The summed E-state index contributed by atoms with van der Waals surface area (Å²) in [6.45, 7) is 1.63. The van der Waals surface area contributed by atoms with Gasteiger partial charge in [-0.3, -0.25) is 0 Å². The van der Waals surface area contributed by atoms with Crippen molar-refractivity contribution in [3.8, 4) is 0 Å². The lowest BCUT2D eigenvalue weighted by Crippen LogP contribution is -2.48. The Balaban J connectivity index is 2.09. The SMILES string of the molecule is C[S+]([O-])c1ccc(N2CCN(C(=O)O)CC2)c(F)c1. The molecule has 1 saturated heterocycles. The van der Waals surface area contributed by atoms with Crippen molar-refractivity contribution in [3.05, 3.63) is 24.0 Å². The minimum Gasteiger partial charge on any atom is -0.612 e. The van der Waals surface area contributed by atoms with Gasteiger partial charge in [0.1, 0.15) is 6.26 Å². The molecule has 0 bridgehead atoms. The van der Waals surface area contributed by atoms with Crippen molar-refractivity contribution in [1.29, 1.82) is 0 Å². The summed E-state index contributed by atoms with van der Waals surface area (Å²) < 4.78 is 25.2. The van der Waals surface area contributed by atoms with E-state index in [0.29, 0.717) is 36.8 Å². The Hall–Kier alpha value is -1.47. The maximum atomic E-state index is 13.9. The molecule has 1 aliphatic rings. The van der Waals surface area contributed by atoms with Crippen LogP contribution in [0.5, 0.6) is 0 Å². The second-order valence-electron chi connectivity index (χ2n) is 4.32. The highest BCUT2D eigenvalue weighted by atomic mass is 32.2. The summed E-state index contributed by atoms with van der Waals surface area (Å²) in [5, 5.41) is 8.85. The molecule has 1 amide bonds. The number of anilines is 1. The molecular formula is C12H15FN2O3S. The highest BCUT2D eigenvalue weighted by Gasteiger charge is 2.22. The van der Waals surface area contributed by atoms with Crippen molar-refractivity contribution < 1.29 is 18.8 Å². The highest BCUT2D eigenvalue weighted by Crippen LogP contribution is 2.23. The van der Waals surface area contributed by atoms with Crippen LogP contribution in [0.3, 0.4) is 0 Å². The van der Waals surface area contributed by atoms with Crippen LogP contribution in [0.2, 0.25) is 0 Å². The molecule has 1 aromatic carbocycles. The van der Waals surface area contributed by atoms with Crippen molar-refractivity contribution in [3.63, 3.8) is 0 Å². The lowest BCUT2D eigenvalue weighted by molar-refractivity contribution is 0.142. The van der Waals surface area contributed by atoms with Gasteiger partial charge in [0, 0.05) is 32.2 Å². The molecule has 0 radical (unpaired) electrons. The van der Waals surface area contributed by atoms with Crippen LogP contribution in [-0.4, -0.2) is 53.1 Å². The molecule has 0 saturated carbocycles. The number of piperazine rings is 1. The van der Waals surface area contributed by atoms with Crippen LogP contribution < -0.4 is 4.90 Å². The van der Waals surface area contributed by atoms with E-state index in [0.717, 1.165) is 0 Å². The van der Waals surface area contributed by atoms with Crippen LogP contribution in [0.25, 0.3) is 0 Å². The van der Waals surface area contributed by atoms with Gasteiger partial charge in [0.25, 0.3) is 0 Å². The van der Waals surface area contributed by atoms with E-state index in [2.05, 4.69) is 0 Å². The van der Waals surface area contributed by atoms with Crippen molar-refractivity contribution in [2.75, 3.05) is 37.3 Å². The minimum absolute atomic E-state index is 0.357. The van der Waals surface area contributed by atoms with Crippen molar-refractivity contribution in [1.82, 2.24) is 4.90 Å². The summed E-state index contributed by atoms with van der Waals surface area (Å²) in [7, 11) is 0. The highest BCUT2D eigenvalue weighted by molar-refractivity contribution is 7.90. The van der Waals surface area contributed by atoms with Gasteiger partial charge < -0.3 is 19.5 Å². The molecule has 1 heterocycles. The third kappa shape index (κ3) is 3.10. The zero-order chi connectivity index (χ0) is 14.0. The van der Waals surface area contributed by atoms with Gasteiger partial charge in [0.15, 0.2) is 10.7 Å². The third-order valence-corrected chi connectivity index (χ3v) is 4.06. The first-order valence-electron chi connectivity index (χ1n) is 5.85. The van der Waals surface area contributed by atoms with E-state index < -0.39 is 23.1 Å².